The van der Waals surface area contributed by atoms with E-state index < -0.39 is 11.7 Å². The highest BCUT2D eigenvalue weighted by molar-refractivity contribution is 5.95. The fourth-order valence-electron chi connectivity index (χ4n) is 1.83. The van der Waals surface area contributed by atoms with E-state index in [0.717, 1.165) is 12.2 Å². The van der Waals surface area contributed by atoms with Crippen molar-refractivity contribution in [1.29, 1.82) is 0 Å². The minimum absolute atomic E-state index is 0.0353. The molecule has 21 heavy (non-hydrogen) atoms. The molecule has 2 N–H and O–H groups in total. The van der Waals surface area contributed by atoms with Crippen molar-refractivity contribution in [2.45, 2.75) is 26.8 Å². The SMILES string of the molecule is CCCNc1nccc(C(=O)NCc2ccc(C)o2)c1F. The Morgan fingerprint density at radius 2 is 2.19 bits per heavy atom. The summed E-state index contributed by atoms with van der Waals surface area (Å²) in [7, 11) is 0. The number of nitrogens with one attached hydrogen (secondary N) is 2. The van der Waals surface area contributed by atoms with Crippen molar-refractivity contribution in [2.24, 2.45) is 0 Å². The Kier molecular flexibility index (Phi) is 4.92. The molecule has 0 bridgehead atoms. The Bertz CT molecular complexity index is 625. The van der Waals surface area contributed by atoms with Crippen LogP contribution in [0.4, 0.5) is 10.2 Å². The van der Waals surface area contributed by atoms with E-state index in [1.165, 1.54) is 12.3 Å². The first kappa shape index (κ1) is 15.0. The van der Waals surface area contributed by atoms with Crippen LogP contribution in [-0.2, 0) is 6.54 Å². The molecule has 6 heteroatoms. The van der Waals surface area contributed by atoms with Crippen LogP contribution < -0.4 is 10.6 Å². The lowest BCUT2D eigenvalue weighted by Crippen LogP contribution is -2.24. The number of carbonyl (C=O) groups is 1. The molecule has 2 rings (SSSR count). The van der Waals surface area contributed by atoms with Gasteiger partial charge in [0.1, 0.15) is 11.5 Å². The van der Waals surface area contributed by atoms with Crippen LogP contribution in [0.5, 0.6) is 0 Å². The van der Waals surface area contributed by atoms with E-state index in [-0.39, 0.29) is 17.9 Å². The smallest absolute Gasteiger partial charge is 0.254 e. The maximum absolute atomic E-state index is 14.2. The minimum atomic E-state index is -0.640. The highest BCUT2D eigenvalue weighted by Crippen LogP contribution is 2.15. The second-order valence-corrected chi connectivity index (χ2v) is 4.64. The summed E-state index contributed by atoms with van der Waals surface area (Å²) in [4.78, 5) is 15.9. The van der Waals surface area contributed by atoms with E-state index in [1.54, 1.807) is 12.1 Å². The number of furan rings is 1. The summed E-state index contributed by atoms with van der Waals surface area (Å²) in [6.45, 7) is 4.60. The average Bonchev–Trinajstić information content (AvgIpc) is 2.89. The third-order valence-electron chi connectivity index (χ3n) is 2.90. The Labute approximate surface area is 122 Å². The molecule has 0 aliphatic carbocycles. The lowest BCUT2D eigenvalue weighted by molar-refractivity contribution is 0.0943. The third kappa shape index (κ3) is 3.81. The summed E-state index contributed by atoms with van der Waals surface area (Å²) in [5.74, 6) is 0.348. The minimum Gasteiger partial charge on any atom is -0.465 e. The molecule has 2 aromatic heterocycles. The molecule has 0 aliphatic heterocycles. The Morgan fingerprint density at radius 3 is 2.86 bits per heavy atom. The number of aromatic nitrogens is 1. The van der Waals surface area contributed by atoms with Crippen molar-refractivity contribution in [3.63, 3.8) is 0 Å². The molecule has 0 atom stereocenters. The number of hydrogen-bond acceptors (Lipinski definition) is 4. The Balaban J connectivity index is 2.04. The summed E-state index contributed by atoms with van der Waals surface area (Å²) in [5.41, 5.74) is -0.0353. The molecule has 0 radical (unpaired) electrons. The van der Waals surface area contributed by atoms with Gasteiger partial charge in [0.05, 0.1) is 12.1 Å². The van der Waals surface area contributed by atoms with Gasteiger partial charge in [-0.1, -0.05) is 6.92 Å². The van der Waals surface area contributed by atoms with Gasteiger partial charge in [0.15, 0.2) is 11.6 Å². The van der Waals surface area contributed by atoms with Crippen molar-refractivity contribution in [1.82, 2.24) is 10.3 Å². The second kappa shape index (κ2) is 6.88. The van der Waals surface area contributed by atoms with Crippen LogP contribution in [0.2, 0.25) is 0 Å². The molecule has 2 aromatic rings. The van der Waals surface area contributed by atoms with Crippen LogP contribution in [0.15, 0.2) is 28.8 Å². The summed E-state index contributed by atoms with van der Waals surface area (Å²) in [6.07, 6.45) is 2.25. The number of nitrogens with zero attached hydrogens (tertiary/aromatic N) is 1. The van der Waals surface area contributed by atoms with Gasteiger partial charge in [0.2, 0.25) is 0 Å². The van der Waals surface area contributed by atoms with Gasteiger partial charge < -0.3 is 15.1 Å². The van der Waals surface area contributed by atoms with Gasteiger partial charge in [-0.05, 0) is 31.5 Å². The van der Waals surface area contributed by atoms with Gasteiger partial charge in [-0.3, -0.25) is 4.79 Å². The Morgan fingerprint density at radius 1 is 1.38 bits per heavy atom. The number of hydrogen-bond donors (Lipinski definition) is 2. The lowest BCUT2D eigenvalue weighted by atomic mass is 10.2. The maximum atomic E-state index is 14.2. The van der Waals surface area contributed by atoms with Crippen molar-refractivity contribution in [3.8, 4) is 0 Å². The van der Waals surface area contributed by atoms with Gasteiger partial charge in [-0.15, -0.1) is 0 Å². The van der Waals surface area contributed by atoms with Crippen molar-refractivity contribution in [3.05, 3.63) is 47.3 Å². The summed E-state index contributed by atoms with van der Waals surface area (Å²) >= 11 is 0. The van der Waals surface area contributed by atoms with Gasteiger partial charge in [0.25, 0.3) is 5.91 Å². The van der Waals surface area contributed by atoms with Crippen LogP contribution in [0.25, 0.3) is 0 Å². The van der Waals surface area contributed by atoms with E-state index in [9.17, 15) is 9.18 Å². The zero-order valence-electron chi connectivity index (χ0n) is 12.1. The molecular weight excluding hydrogens is 273 g/mol. The number of rotatable bonds is 6. The number of pyridine rings is 1. The number of anilines is 1. The fourth-order valence-corrected chi connectivity index (χ4v) is 1.83. The summed E-state index contributed by atoms with van der Waals surface area (Å²) in [6, 6.07) is 4.93. The van der Waals surface area contributed by atoms with Gasteiger partial charge in [-0.2, -0.15) is 0 Å². The first-order valence-electron chi connectivity index (χ1n) is 6.83. The first-order chi connectivity index (χ1) is 10.1. The van der Waals surface area contributed by atoms with Crippen LogP contribution in [0, 0.1) is 12.7 Å². The molecule has 0 saturated carbocycles. The third-order valence-corrected chi connectivity index (χ3v) is 2.90. The number of aryl methyl sites for hydroxylation is 1. The highest BCUT2D eigenvalue weighted by Gasteiger charge is 2.16. The summed E-state index contributed by atoms with van der Waals surface area (Å²) < 4.78 is 19.5. The van der Waals surface area contributed by atoms with Crippen molar-refractivity contribution >= 4 is 11.7 Å². The molecule has 112 valence electrons. The molecule has 0 spiro atoms. The molecule has 1 amide bonds. The molecule has 0 saturated heterocycles. The average molecular weight is 291 g/mol. The van der Waals surface area contributed by atoms with Crippen molar-refractivity contribution < 1.29 is 13.6 Å². The fraction of sp³-hybridized carbons (Fsp3) is 0.333. The van der Waals surface area contributed by atoms with E-state index in [0.29, 0.717) is 12.3 Å². The molecule has 5 nitrogen and oxygen atoms in total. The molecule has 0 aromatic carbocycles. The van der Waals surface area contributed by atoms with E-state index in [2.05, 4.69) is 15.6 Å². The van der Waals surface area contributed by atoms with Gasteiger partial charge in [0, 0.05) is 12.7 Å². The largest absolute Gasteiger partial charge is 0.465 e. The molecular formula is C15H18FN3O2. The molecule has 0 aliphatic rings. The number of carbonyl (C=O) groups excluding carboxylic acids is 1. The van der Waals surface area contributed by atoms with Gasteiger partial charge >= 0.3 is 0 Å². The Hall–Kier alpha value is -2.37. The topological polar surface area (TPSA) is 67.2 Å². The number of halogens is 1. The zero-order chi connectivity index (χ0) is 15.2. The lowest BCUT2D eigenvalue weighted by Gasteiger charge is -2.09. The van der Waals surface area contributed by atoms with E-state index in [1.807, 2.05) is 13.8 Å². The van der Waals surface area contributed by atoms with E-state index >= 15 is 0 Å². The predicted octanol–water partition coefficient (Wildman–Crippen LogP) is 2.87. The zero-order valence-corrected chi connectivity index (χ0v) is 12.1. The maximum Gasteiger partial charge on any atom is 0.254 e. The monoisotopic (exact) mass is 291 g/mol. The molecule has 0 unspecified atom stereocenters. The standard InChI is InChI=1S/C15H18FN3O2/c1-3-7-17-14-13(16)12(6-8-18-14)15(20)19-9-11-5-4-10(2)21-11/h4-6,8H,3,7,9H2,1-2H3,(H,17,18)(H,19,20). The summed E-state index contributed by atoms with van der Waals surface area (Å²) in [5, 5.41) is 5.47. The van der Waals surface area contributed by atoms with Crippen LogP contribution >= 0.6 is 0 Å². The number of amides is 1. The van der Waals surface area contributed by atoms with Gasteiger partial charge in [-0.25, -0.2) is 9.37 Å². The van der Waals surface area contributed by atoms with Crippen LogP contribution in [0.3, 0.4) is 0 Å². The molecule has 2 heterocycles. The van der Waals surface area contributed by atoms with Crippen LogP contribution in [0.1, 0.15) is 35.2 Å². The highest BCUT2D eigenvalue weighted by atomic mass is 19.1. The quantitative estimate of drug-likeness (QED) is 0.858. The van der Waals surface area contributed by atoms with Crippen LogP contribution in [-0.4, -0.2) is 17.4 Å². The first-order valence-corrected chi connectivity index (χ1v) is 6.83. The second-order valence-electron chi connectivity index (χ2n) is 4.64. The predicted molar refractivity (Wildman–Crippen MR) is 77.6 cm³/mol. The normalized spacial score (nSPS) is 10.4. The van der Waals surface area contributed by atoms with E-state index in [4.69, 9.17) is 4.42 Å². The molecule has 0 fully saturated rings. The van der Waals surface area contributed by atoms with Crippen molar-refractivity contribution in [2.75, 3.05) is 11.9 Å².